The van der Waals surface area contributed by atoms with Crippen LogP contribution in [-0.2, 0) is 14.8 Å². The molecule has 1 aromatic carbocycles. The number of halogens is 3. The lowest BCUT2D eigenvalue weighted by Crippen LogP contribution is -2.03. The predicted molar refractivity (Wildman–Crippen MR) is 65.7 cm³/mol. The van der Waals surface area contributed by atoms with E-state index < -0.39 is 20.6 Å². The van der Waals surface area contributed by atoms with E-state index in [1.54, 1.807) is 0 Å². The van der Waals surface area contributed by atoms with Gasteiger partial charge in [0.05, 0.1) is 24.4 Å². The molecule has 0 aliphatic carbocycles. The lowest BCUT2D eigenvalue weighted by molar-refractivity contribution is 0.349. The standard InChI is InChI=1S/C9H9BrClFO4S/c1-15-7-3-6(12)5(4-17(11,13)14)8(10)9(7)16-2/h3H,4H2,1-2H3. The van der Waals surface area contributed by atoms with Crippen molar-refractivity contribution < 1.29 is 22.3 Å². The summed E-state index contributed by atoms with van der Waals surface area (Å²) in [6.07, 6.45) is 0. The second-order valence-corrected chi connectivity index (χ2v) is 6.64. The van der Waals surface area contributed by atoms with E-state index in [4.69, 9.17) is 20.2 Å². The molecule has 0 saturated heterocycles. The smallest absolute Gasteiger partial charge is 0.236 e. The summed E-state index contributed by atoms with van der Waals surface area (Å²) in [6, 6.07) is 1.04. The first-order valence-electron chi connectivity index (χ1n) is 4.31. The SMILES string of the molecule is COc1cc(F)c(CS(=O)(=O)Cl)c(Br)c1OC. The minimum absolute atomic E-state index is 0.0994. The summed E-state index contributed by atoms with van der Waals surface area (Å²) in [5.74, 6) is -1.00. The Balaban J connectivity index is 3.42. The van der Waals surface area contributed by atoms with E-state index in [0.717, 1.165) is 6.07 Å². The molecule has 0 radical (unpaired) electrons. The van der Waals surface area contributed by atoms with Gasteiger partial charge in [0.15, 0.2) is 11.5 Å². The average Bonchev–Trinajstić information content (AvgIpc) is 2.22. The van der Waals surface area contributed by atoms with Crippen molar-refractivity contribution in [2.24, 2.45) is 0 Å². The van der Waals surface area contributed by atoms with Crippen molar-refractivity contribution in [3.63, 3.8) is 0 Å². The van der Waals surface area contributed by atoms with E-state index in [9.17, 15) is 12.8 Å². The molecule has 0 amide bonds. The van der Waals surface area contributed by atoms with Crippen molar-refractivity contribution in [3.05, 3.63) is 21.9 Å². The van der Waals surface area contributed by atoms with Gasteiger partial charge in [-0.3, -0.25) is 0 Å². The predicted octanol–water partition coefficient (Wildman–Crippen LogP) is 2.67. The van der Waals surface area contributed by atoms with Gasteiger partial charge in [-0.2, -0.15) is 0 Å². The molecule has 1 rings (SSSR count). The third kappa shape index (κ3) is 3.46. The van der Waals surface area contributed by atoms with Crippen molar-refractivity contribution in [3.8, 4) is 11.5 Å². The second-order valence-electron chi connectivity index (χ2n) is 3.07. The third-order valence-electron chi connectivity index (χ3n) is 1.97. The number of hydrogen-bond acceptors (Lipinski definition) is 4. The molecular formula is C9H9BrClFO4S. The van der Waals surface area contributed by atoms with E-state index in [-0.39, 0.29) is 21.5 Å². The van der Waals surface area contributed by atoms with Crippen molar-refractivity contribution in [1.82, 2.24) is 0 Å². The van der Waals surface area contributed by atoms with E-state index >= 15 is 0 Å². The molecular weight excluding hydrogens is 339 g/mol. The maximum absolute atomic E-state index is 13.7. The molecule has 0 saturated carbocycles. The van der Waals surface area contributed by atoms with Crippen LogP contribution < -0.4 is 9.47 Å². The van der Waals surface area contributed by atoms with E-state index in [2.05, 4.69) is 15.9 Å². The zero-order chi connectivity index (χ0) is 13.2. The van der Waals surface area contributed by atoms with Crippen LogP contribution in [-0.4, -0.2) is 22.6 Å². The largest absolute Gasteiger partial charge is 0.493 e. The summed E-state index contributed by atoms with van der Waals surface area (Å²) >= 11 is 3.07. The molecule has 0 unspecified atom stereocenters. The van der Waals surface area contributed by atoms with Gasteiger partial charge in [-0.15, -0.1) is 0 Å². The fraction of sp³-hybridized carbons (Fsp3) is 0.333. The fourth-order valence-electron chi connectivity index (χ4n) is 1.26. The first-order chi connectivity index (χ1) is 7.80. The molecule has 0 spiro atoms. The van der Waals surface area contributed by atoms with Crippen LogP contribution in [0.4, 0.5) is 4.39 Å². The average molecular weight is 348 g/mol. The monoisotopic (exact) mass is 346 g/mol. The summed E-state index contributed by atoms with van der Waals surface area (Å²) in [6.45, 7) is 0. The summed E-state index contributed by atoms with van der Waals surface area (Å²) < 4.78 is 45.7. The summed E-state index contributed by atoms with van der Waals surface area (Å²) in [7, 11) is 3.94. The van der Waals surface area contributed by atoms with Crippen molar-refractivity contribution in [2.75, 3.05) is 14.2 Å². The maximum Gasteiger partial charge on any atom is 0.236 e. The molecule has 0 bridgehead atoms. The summed E-state index contributed by atoms with van der Waals surface area (Å²) in [4.78, 5) is 0. The minimum atomic E-state index is -3.86. The van der Waals surface area contributed by atoms with Gasteiger partial charge < -0.3 is 9.47 Å². The Morgan fingerprint density at radius 2 is 2.00 bits per heavy atom. The van der Waals surface area contributed by atoms with Crippen LogP contribution in [0.2, 0.25) is 0 Å². The highest BCUT2D eigenvalue weighted by Gasteiger charge is 2.21. The van der Waals surface area contributed by atoms with Gasteiger partial charge in [0.1, 0.15) is 5.82 Å². The van der Waals surface area contributed by atoms with Crippen molar-refractivity contribution in [1.29, 1.82) is 0 Å². The highest BCUT2D eigenvalue weighted by atomic mass is 79.9. The highest BCUT2D eigenvalue weighted by Crippen LogP contribution is 2.40. The molecule has 8 heteroatoms. The minimum Gasteiger partial charge on any atom is -0.493 e. The lowest BCUT2D eigenvalue weighted by atomic mass is 10.2. The Labute approximate surface area is 111 Å². The van der Waals surface area contributed by atoms with Crippen LogP contribution in [0.5, 0.6) is 11.5 Å². The lowest BCUT2D eigenvalue weighted by Gasteiger charge is -2.13. The topological polar surface area (TPSA) is 52.6 Å². The van der Waals surface area contributed by atoms with Gasteiger partial charge in [0, 0.05) is 22.3 Å². The molecule has 0 heterocycles. The van der Waals surface area contributed by atoms with Gasteiger partial charge in [-0.1, -0.05) is 0 Å². The Hall–Kier alpha value is -0.530. The molecule has 0 aliphatic rings. The van der Waals surface area contributed by atoms with Crippen LogP contribution in [0.15, 0.2) is 10.5 Å². The van der Waals surface area contributed by atoms with Gasteiger partial charge in [0.25, 0.3) is 0 Å². The summed E-state index contributed by atoms with van der Waals surface area (Å²) in [5.41, 5.74) is -0.0994. The van der Waals surface area contributed by atoms with E-state index in [1.165, 1.54) is 14.2 Å². The van der Waals surface area contributed by atoms with Gasteiger partial charge in [-0.25, -0.2) is 12.8 Å². The highest BCUT2D eigenvalue weighted by molar-refractivity contribution is 9.10. The summed E-state index contributed by atoms with van der Waals surface area (Å²) in [5, 5.41) is 0. The number of benzene rings is 1. The molecule has 4 nitrogen and oxygen atoms in total. The van der Waals surface area contributed by atoms with Crippen molar-refractivity contribution >= 4 is 35.7 Å². The van der Waals surface area contributed by atoms with Gasteiger partial charge >= 0.3 is 0 Å². The Kier molecular flexibility index (Phi) is 4.62. The molecule has 0 fully saturated rings. The maximum atomic E-state index is 13.7. The van der Waals surface area contributed by atoms with Gasteiger partial charge in [-0.05, 0) is 15.9 Å². The molecule has 17 heavy (non-hydrogen) atoms. The Morgan fingerprint density at radius 1 is 1.41 bits per heavy atom. The molecule has 0 aliphatic heterocycles. The van der Waals surface area contributed by atoms with Crippen molar-refractivity contribution in [2.45, 2.75) is 5.75 Å². The Morgan fingerprint density at radius 3 is 2.41 bits per heavy atom. The van der Waals surface area contributed by atoms with Crippen LogP contribution in [0, 0.1) is 5.82 Å². The molecule has 0 aromatic heterocycles. The number of methoxy groups -OCH3 is 2. The second kappa shape index (κ2) is 5.41. The quantitative estimate of drug-likeness (QED) is 0.786. The first-order valence-corrected chi connectivity index (χ1v) is 7.58. The zero-order valence-corrected chi connectivity index (χ0v) is 12.1. The van der Waals surface area contributed by atoms with Crippen LogP contribution in [0.3, 0.4) is 0 Å². The fourth-order valence-corrected chi connectivity index (χ4v) is 3.09. The van der Waals surface area contributed by atoms with Gasteiger partial charge in [0.2, 0.25) is 9.05 Å². The van der Waals surface area contributed by atoms with E-state index in [0.29, 0.717) is 0 Å². The van der Waals surface area contributed by atoms with Crippen LogP contribution in [0.25, 0.3) is 0 Å². The number of hydrogen-bond donors (Lipinski definition) is 0. The molecule has 0 atom stereocenters. The molecule has 96 valence electrons. The Bertz CT molecular complexity index is 532. The first kappa shape index (κ1) is 14.5. The third-order valence-corrected chi connectivity index (χ3v) is 3.77. The van der Waals surface area contributed by atoms with Crippen LogP contribution >= 0.6 is 26.6 Å². The normalized spacial score (nSPS) is 11.4. The number of rotatable bonds is 4. The molecule has 1 aromatic rings. The van der Waals surface area contributed by atoms with Crippen LogP contribution in [0.1, 0.15) is 5.56 Å². The number of ether oxygens (including phenoxy) is 2. The zero-order valence-electron chi connectivity index (χ0n) is 8.96. The van der Waals surface area contributed by atoms with E-state index in [1.807, 2.05) is 0 Å². The molecule has 0 N–H and O–H groups in total.